The van der Waals surface area contributed by atoms with Gasteiger partial charge in [0, 0.05) is 12.8 Å². The number of carbonyl (C=O) groups excluding carboxylic acids is 2. The van der Waals surface area contributed by atoms with Crippen molar-refractivity contribution in [2.75, 3.05) is 26.4 Å². The third kappa shape index (κ3) is 34.2. The SMILES string of the molecule is CC/C=C\C/C=C\C/C=C\CCCCCCCC(=O)OC[C@H](COP(=O)(O)OC[C@@H](O)CO)OC(=O)CCCCCCC/C=C\CCCC. The molecule has 1 unspecified atom stereocenters. The number of hydrogen-bond donors (Lipinski definition) is 3. The summed E-state index contributed by atoms with van der Waals surface area (Å²) >= 11 is 0. The van der Waals surface area contributed by atoms with Gasteiger partial charge in [0.1, 0.15) is 12.7 Å². The van der Waals surface area contributed by atoms with Gasteiger partial charge in [-0.1, -0.05) is 114 Å². The van der Waals surface area contributed by atoms with Crippen LogP contribution in [0.15, 0.2) is 48.6 Å². The number of hydrogen-bond acceptors (Lipinski definition) is 9. The molecule has 3 atom stereocenters. The number of phosphoric ester groups is 1. The van der Waals surface area contributed by atoms with Gasteiger partial charge >= 0.3 is 19.8 Å². The lowest BCUT2D eigenvalue weighted by molar-refractivity contribution is -0.161. The number of esters is 2. The molecule has 0 saturated carbocycles. The summed E-state index contributed by atoms with van der Waals surface area (Å²) in [5, 5.41) is 18.2. The van der Waals surface area contributed by atoms with Crippen LogP contribution in [0.3, 0.4) is 0 Å². The van der Waals surface area contributed by atoms with E-state index in [9.17, 15) is 24.2 Å². The number of unbranched alkanes of at least 4 members (excludes halogenated alkanes) is 12. The van der Waals surface area contributed by atoms with E-state index in [2.05, 4.69) is 67.0 Å². The van der Waals surface area contributed by atoms with Crippen molar-refractivity contribution < 1.29 is 47.8 Å². The molecule has 0 radical (unpaired) electrons. The largest absolute Gasteiger partial charge is 0.472 e. The highest BCUT2D eigenvalue weighted by Gasteiger charge is 2.27. The highest BCUT2D eigenvalue weighted by atomic mass is 31.2. The van der Waals surface area contributed by atoms with E-state index in [-0.39, 0.29) is 19.4 Å². The zero-order valence-corrected chi connectivity index (χ0v) is 31.3. The topological polar surface area (TPSA) is 149 Å². The van der Waals surface area contributed by atoms with E-state index in [0.29, 0.717) is 12.8 Å². The molecule has 3 N–H and O–H groups in total. The molecule has 0 amide bonds. The van der Waals surface area contributed by atoms with Crippen LogP contribution in [-0.4, -0.2) is 65.7 Å². The second kappa shape index (κ2) is 34.4. The van der Waals surface area contributed by atoms with Crippen LogP contribution in [0.1, 0.15) is 142 Å². The quantitative estimate of drug-likeness (QED) is 0.0255. The van der Waals surface area contributed by atoms with E-state index in [1.54, 1.807) is 0 Å². The molecule has 49 heavy (non-hydrogen) atoms. The molecule has 0 bridgehead atoms. The first-order chi connectivity index (χ1) is 23.7. The van der Waals surface area contributed by atoms with Gasteiger partial charge in [-0.15, -0.1) is 0 Å². The van der Waals surface area contributed by atoms with Crippen LogP contribution < -0.4 is 0 Å². The highest BCUT2D eigenvalue weighted by molar-refractivity contribution is 7.47. The van der Waals surface area contributed by atoms with Gasteiger partial charge in [0.15, 0.2) is 6.10 Å². The molecule has 0 rings (SSSR count). The zero-order valence-electron chi connectivity index (χ0n) is 30.4. The number of rotatable bonds is 34. The van der Waals surface area contributed by atoms with Gasteiger partial charge in [-0.05, 0) is 64.2 Å². The summed E-state index contributed by atoms with van der Waals surface area (Å²) in [7, 11) is -4.62. The van der Waals surface area contributed by atoms with Crippen LogP contribution in [-0.2, 0) is 32.7 Å². The van der Waals surface area contributed by atoms with Crippen molar-refractivity contribution >= 4 is 19.8 Å². The van der Waals surface area contributed by atoms with Crippen molar-refractivity contribution in [1.29, 1.82) is 0 Å². The molecule has 0 aliphatic rings. The first-order valence-electron chi connectivity index (χ1n) is 18.6. The van der Waals surface area contributed by atoms with E-state index in [1.807, 2.05) is 0 Å². The Labute approximate surface area is 296 Å². The van der Waals surface area contributed by atoms with Gasteiger partial charge in [-0.2, -0.15) is 0 Å². The molecular formula is C38H67O10P. The average Bonchev–Trinajstić information content (AvgIpc) is 3.09. The van der Waals surface area contributed by atoms with Crippen molar-refractivity contribution in [3.05, 3.63) is 48.6 Å². The molecule has 0 aromatic rings. The molecule has 284 valence electrons. The van der Waals surface area contributed by atoms with Gasteiger partial charge in [0.25, 0.3) is 0 Å². The van der Waals surface area contributed by atoms with Crippen LogP contribution in [0.4, 0.5) is 0 Å². The summed E-state index contributed by atoms with van der Waals surface area (Å²) < 4.78 is 32.5. The Morgan fingerprint density at radius 2 is 1.12 bits per heavy atom. The molecular weight excluding hydrogens is 647 g/mol. The fourth-order valence-corrected chi connectivity index (χ4v) is 5.36. The van der Waals surface area contributed by atoms with Gasteiger partial charge in [-0.25, -0.2) is 4.57 Å². The molecule has 10 nitrogen and oxygen atoms in total. The van der Waals surface area contributed by atoms with Crippen molar-refractivity contribution in [3.63, 3.8) is 0 Å². The predicted molar refractivity (Wildman–Crippen MR) is 196 cm³/mol. The fourth-order valence-electron chi connectivity index (χ4n) is 4.57. The predicted octanol–water partition coefficient (Wildman–Crippen LogP) is 8.99. The number of ether oxygens (including phenoxy) is 2. The lowest BCUT2D eigenvalue weighted by Gasteiger charge is -2.20. The maximum Gasteiger partial charge on any atom is 0.472 e. The summed E-state index contributed by atoms with van der Waals surface area (Å²) in [6, 6.07) is 0. The summed E-state index contributed by atoms with van der Waals surface area (Å²) in [4.78, 5) is 34.8. The number of aliphatic hydroxyl groups is 2. The molecule has 0 aliphatic heterocycles. The van der Waals surface area contributed by atoms with Crippen molar-refractivity contribution in [1.82, 2.24) is 0 Å². The molecule has 0 spiro atoms. The first kappa shape index (κ1) is 46.9. The molecule has 0 saturated heterocycles. The second-order valence-corrected chi connectivity index (χ2v) is 13.7. The summed E-state index contributed by atoms with van der Waals surface area (Å²) in [6.07, 6.45) is 33.7. The number of phosphoric acid groups is 1. The Hall–Kier alpha value is -2.07. The minimum absolute atomic E-state index is 0.168. The van der Waals surface area contributed by atoms with E-state index < -0.39 is 51.8 Å². The Morgan fingerprint density at radius 3 is 1.71 bits per heavy atom. The Kier molecular flexibility index (Phi) is 32.9. The molecule has 0 aromatic carbocycles. The smallest absolute Gasteiger partial charge is 0.462 e. The van der Waals surface area contributed by atoms with Crippen molar-refractivity contribution in [2.45, 2.75) is 154 Å². The van der Waals surface area contributed by atoms with Crippen LogP contribution in [0.2, 0.25) is 0 Å². The van der Waals surface area contributed by atoms with Gasteiger partial charge in [-0.3, -0.25) is 18.6 Å². The molecule has 0 fully saturated rings. The van der Waals surface area contributed by atoms with E-state index in [4.69, 9.17) is 19.1 Å². The van der Waals surface area contributed by atoms with Gasteiger partial charge in [0.05, 0.1) is 19.8 Å². The third-order valence-corrected chi connectivity index (χ3v) is 8.42. The third-order valence-electron chi connectivity index (χ3n) is 7.47. The summed E-state index contributed by atoms with van der Waals surface area (Å²) in [5.74, 6) is -0.962. The highest BCUT2D eigenvalue weighted by Crippen LogP contribution is 2.43. The van der Waals surface area contributed by atoms with E-state index in [0.717, 1.165) is 89.9 Å². The number of aliphatic hydroxyl groups excluding tert-OH is 2. The van der Waals surface area contributed by atoms with Crippen LogP contribution >= 0.6 is 7.82 Å². The Bertz CT molecular complexity index is 962. The zero-order chi connectivity index (χ0) is 36.3. The minimum Gasteiger partial charge on any atom is -0.462 e. The van der Waals surface area contributed by atoms with Gasteiger partial charge < -0.3 is 24.6 Å². The lowest BCUT2D eigenvalue weighted by atomic mass is 10.1. The molecule has 0 aliphatic carbocycles. The van der Waals surface area contributed by atoms with E-state index >= 15 is 0 Å². The number of allylic oxidation sites excluding steroid dienone is 8. The van der Waals surface area contributed by atoms with Crippen LogP contribution in [0.5, 0.6) is 0 Å². The first-order valence-corrected chi connectivity index (χ1v) is 20.1. The maximum absolute atomic E-state index is 12.5. The monoisotopic (exact) mass is 714 g/mol. The number of carbonyl (C=O) groups is 2. The average molecular weight is 715 g/mol. The van der Waals surface area contributed by atoms with Crippen molar-refractivity contribution in [2.24, 2.45) is 0 Å². The molecule has 0 heterocycles. The lowest BCUT2D eigenvalue weighted by Crippen LogP contribution is -2.29. The van der Waals surface area contributed by atoms with E-state index in [1.165, 1.54) is 12.8 Å². The Balaban J connectivity index is 4.41. The standard InChI is InChI=1S/C38H67O10P/c1-3-5-7-9-11-13-15-16-17-18-20-21-23-25-27-29-37(41)45-33-36(34-47-49(43,44)46-32-35(40)31-39)48-38(42)30-28-26-24-22-19-14-12-10-8-6-4-2/h5,7,10-13,16-17,35-36,39-40H,3-4,6,8-9,14-15,18-34H2,1-2H3,(H,43,44)/b7-5-,12-10-,13-11-,17-16-/t35-,36+/m0/s1. The Morgan fingerprint density at radius 1 is 0.633 bits per heavy atom. The summed E-state index contributed by atoms with van der Waals surface area (Å²) in [6.45, 7) is 2.17. The minimum atomic E-state index is -4.62. The normalized spacial score (nSPS) is 14.6. The van der Waals surface area contributed by atoms with Crippen LogP contribution in [0.25, 0.3) is 0 Å². The van der Waals surface area contributed by atoms with Crippen molar-refractivity contribution in [3.8, 4) is 0 Å². The fraction of sp³-hybridized carbons (Fsp3) is 0.737. The molecule has 11 heteroatoms. The molecule has 0 aromatic heterocycles. The summed E-state index contributed by atoms with van der Waals surface area (Å²) in [5.41, 5.74) is 0. The maximum atomic E-state index is 12.5. The van der Waals surface area contributed by atoms with Gasteiger partial charge in [0.2, 0.25) is 0 Å². The van der Waals surface area contributed by atoms with Crippen LogP contribution in [0, 0.1) is 0 Å². The second-order valence-electron chi connectivity index (χ2n) is 12.2.